The summed E-state index contributed by atoms with van der Waals surface area (Å²) in [4.78, 5) is 14.7. The van der Waals surface area contributed by atoms with Crippen molar-refractivity contribution in [3.8, 4) is 0 Å². The summed E-state index contributed by atoms with van der Waals surface area (Å²) in [7, 11) is 2.15. The SMILES string of the molecule is CC1CC(NC(=O)C2(N)CCCCC2)CCN1C. The van der Waals surface area contributed by atoms with Crippen LogP contribution in [0.15, 0.2) is 0 Å². The Labute approximate surface area is 110 Å². The van der Waals surface area contributed by atoms with Crippen molar-refractivity contribution in [1.82, 2.24) is 10.2 Å². The van der Waals surface area contributed by atoms with Crippen LogP contribution in [0.3, 0.4) is 0 Å². The number of hydrogen-bond donors (Lipinski definition) is 2. The number of likely N-dealkylation sites (tertiary alicyclic amines) is 1. The second kappa shape index (κ2) is 5.57. The number of piperidine rings is 1. The van der Waals surface area contributed by atoms with Gasteiger partial charge in [-0.2, -0.15) is 0 Å². The number of carbonyl (C=O) groups excluding carboxylic acids is 1. The Balaban J connectivity index is 1.87. The van der Waals surface area contributed by atoms with Crippen LogP contribution >= 0.6 is 0 Å². The molecule has 0 radical (unpaired) electrons. The molecule has 2 rings (SSSR count). The van der Waals surface area contributed by atoms with E-state index in [4.69, 9.17) is 5.73 Å². The van der Waals surface area contributed by atoms with E-state index in [1.807, 2.05) is 0 Å². The fourth-order valence-corrected chi connectivity index (χ4v) is 3.16. The molecular weight excluding hydrogens is 226 g/mol. The van der Waals surface area contributed by atoms with Crippen LogP contribution in [-0.4, -0.2) is 42.0 Å². The zero-order valence-electron chi connectivity index (χ0n) is 11.7. The maximum absolute atomic E-state index is 12.3. The molecule has 1 amide bonds. The van der Waals surface area contributed by atoms with Crippen molar-refractivity contribution in [2.24, 2.45) is 5.73 Å². The van der Waals surface area contributed by atoms with Gasteiger partial charge < -0.3 is 16.0 Å². The van der Waals surface area contributed by atoms with Gasteiger partial charge in [-0.05, 0) is 39.7 Å². The van der Waals surface area contributed by atoms with Gasteiger partial charge in [-0.25, -0.2) is 0 Å². The maximum Gasteiger partial charge on any atom is 0.240 e. The first-order valence-electron chi connectivity index (χ1n) is 7.31. The van der Waals surface area contributed by atoms with Crippen LogP contribution in [0.2, 0.25) is 0 Å². The topological polar surface area (TPSA) is 58.4 Å². The summed E-state index contributed by atoms with van der Waals surface area (Å²) in [6.45, 7) is 3.28. The number of rotatable bonds is 2. The number of amides is 1. The summed E-state index contributed by atoms with van der Waals surface area (Å²) in [5, 5.41) is 3.19. The summed E-state index contributed by atoms with van der Waals surface area (Å²) in [5.74, 6) is 0.0870. The van der Waals surface area contributed by atoms with Gasteiger partial charge in [0.25, 0.3) is 0 Å². The highest BCUT2D eigenvalue weighted by Crippen LogP contribution is 2.26. The predicted molar refractivity (Wildman–Crippen MR) is 73.3 cm³/mol. The van der Waals surface area contributed by atoms with Gasteiger partial charge >= 0.3 is 0 Å². The first-order valence-corrected chi connectivity index (χ1v) is 7.31. The fraction of sp³-hybridized carbons (Fsp3) is 0.929. The van der Waals surface area contributed by atoms with Crippen LogP contribution in [0.1, 0.15) is 51.9 Å². The zero-order valence-corrected chi connectivity index (χ0v) is 11.7. The van der Waals surface area contributed by atoms with Crippen LogP contribution in [-0.2, 0) is 4.79 Å². The van der Waals surface area contributed by atoms with E-state index >= 15 is 0 Å². The van der Waals surface area contributed by atoms with Crippen LogP contribution in [0.5, 0.6) is 0 Å². The van der Waals surface area contributed by atoms with Gasteiger partial charge in [0.15, 0.2) is 0 Å². The van der Waals surface area contributed by atoms with Gasteiger partial charge in [0, 0.05) is 18.6 Å². The van der Waals surface area contributed by atoms with Crippen molar-refractivity contribution < 1.29 is 4.79 Å². The van der Waals surface area contributed by atoms with E-state index < -0.39 is 5.54 Å². The lowest BCUT2D eigenvalue weighted by atomic mass is 9.81. The van der Waals surface area contributed by atoms with Crippen molar-refractivity contribution in [2.75, 3.05) is 13.6 Å². The van der Waals surface area contributed by atoms with Gasteiger partial charge in [0.1, 0.15) is 0 Å². The average molecular weight is 253 g/mol. The Morgan fingerprint density at radius 3 is 2.61 bits per heavy atom. The molecule has 0 aromatic carbocycles. The first-order chi connectivity index (χ1) is 8.51. The second-order valence-electron chi connectivity index (χ2n) is 6.24. The van der Waals surface area contributed by atoms with Gasteiger partial charge in [-0.1, -0.05) is 19.3 Å². The Hall–Kier alpha value is -0.610. The molecule has 4 heteroatoms. The van der Waals surface area contributed by atoms with Crippen molar-refractivity contribution in [2.45, 2.75) is 69.5 Å². The summed E-state index contributed by atoms with van der Waals surface area (Å²) in [6.07, 6.45) is 7.18. The van der Waals surface area contributed by atoms with Crippen molar-refractivity contribution in [3.63, 3.8) is 0 Å². The minimum absolute atomic E-state index is 0.0870. The fourth-order valence-electron chi connectivity index (χ4n) is 3.16. The molecule has 0 spiro atoms. The van der Waals surface area contributed by atoms with Crippen LogP contribution in [0.25, 0.3) is 0 Å². The van der Waals surface area contributed by atoms with E-state index in [9.17, 15) is 4.79 Å². The minimum atomic E-state index is -0.592. The molecule has 2 aliphatic rings. The Bertz CT molecular complexity index is 299. The van der Waals surface area contributed by atoms with E-state index in [2.05, 4.69) is 24.2 Å². The third kappa shape index (κ3) is 3.04. The van der Waals surface area contributed by atoms with Gasteiger partial charge in [-0.3, -0.25) is 4.79 Å². The molecule has 2 fully saturated rings. The van der Waals surface area contributed by atoms with E-state index in [1.54, 1.807) is 0 Å². The molecule has 1 heterocycles. The monoisotopic (exact) mass is 253 g/mol. The second-order valence-corrected chi connectivity index (χ2v) is 6.24. The summed E-state index contributed by atoms with van der Waals surface area (Å²) >= 11 is 0. The molecule has 1 saturated heterocycles. The van der Waals surface area contributed by atoms with Crippen LogP contribution in [0.4, 0.5) is 0 Å². The van der Waals surface area contributed by atoms with E-state index in [0.717, 1.165) is 45.1 Å². The summed E-state index contributed by atoms with van der Waals surface area (Å²) < 4.78 is 0. The van der Waals surface area contributed by atoms with Crippen LogP contribution < -0.4 is 11.1 Å². The average Bonchev–Trinajstić information content (AvgIpc) is 2.35. The predicted octanol–water partition coefficient (Wildman–Crippen LogP) is 1.25. The molecule has 4 nitrogen and oxygen atoms in total. The van der Waals surface area contributed by atoms with Crippen molar-refractivity contribution in [1.29, 1.82) is 0 Å². The third-order valence-electron chi connectivity index (χ3n) is 4.74. The molecule has 3 N–H and O–H groups in total. The molecule has 1 aliphatic carbocycles. The minimum Gasteiger partial charge on any atom is -0.352 e. The standard InChI is InChI=1S/C14H27N3O/c1-11-10-12(6-9-17(11)2)16-13(18)14(15)7-4-3-5-8-14/h11-12H,3-10,15H2,1-2H3,(H,16,18). The van der Waals surface area contributed by atoms with Crippen molar-refractivity contribution >= 4 is 5.91 Å². The molecule has 2 atom stereocenters. The summed E-state index contributed by atoms with van der Waals surface area (Å²) in [5.41, 5.74) is 5.67. The maximum atomic E-state index is 12.3. The quantitative estimate of drug-likeness (QED) is 0.778. The Kier molecular flexibility index (Phi) is 4.28. The number of nitrogens with zero attached hydrogens (tertiary/aromatic N) is 1. The Morgan fingerprint density at radius 1 is 1.33 bits per heavy atom. The first kappa shape index (κ1) is 13.8. The van der Waals surface area contributed by atoms with Crippen molar-refractivity contribution in [3.05, 3.63) is 0 Å². The molecule has 0 bridgehead atoms. The number of nitrogens with two attached hydrogens (primary N) is 1. The molecule has 18 heavy (non-hydrogen) atoms. The molecule has 0 aromatic rings. The van der Waals surface area contributed by atoms with Crippen LogP contribution in [0, 0.1) is 0 Å². The molecular formula is C14H27N3O. The number of carbonyl (C=O) groups is 1. The molecule has 0 aromatic heterocycles. The zero-order chi connectivity index (χ0) is 13.2. The lowest BCUT2D eigenvalue weighted by Gasteiger charge is -2.38. The van der Waals surface area contributed by atoms with E-state index in [0.29, 0.717) is 12.1 Å². The molecule has 1 saturated carbocycles. The largest absolute Gasteiger partial charge is 0.352 e. The molecule has 1 aliphatic heterocycles. The van der Waals surface area contributed by atoms with Gasteiger partial charge in [0.05, 0.1) is 5.54 Å². The van der Waals surface area contributed by atoms with Gasteiger partial charge in [0.2, 0.25) is 5.91 Å². The number of nitrogens with one attached hydrogen (secondary N) is 1. The highest BCUT2D eigenvalue weighted by Gasteiger charge is 2.36. The van der Waals surface area contributed by atoms with E-state index in [-0.39, 0.29) is 5.91 Å². The normalized spacial score (nSPS) is 33.1. The molecule has 2 unspecified atom stereocenters. The Morgan fingerprint density at radius 2 is 2.00 bits per heavy atom. The lowest BCUT2D eigenvalue weighted by Crippen LogP contribution is -2.58. The molecule has 104 valence electrons. The lowest BCUT2D eigenvalue weighted by molar-refractivity contribution is -0.128. The van der Waals surface area contributed by atoms with E-state index in [1.165, 1.54) is 6.42 Å². The summed E-state index contributed by atoms with van der Waals surface area (Å²) in [6, 6.07) is 0.857. The third-order valence-corrected chi connectivity index (χ3v) is 4.74. The number of hydrogen-bond acceptors (Lipinski definition) is 3. The smallest absolute Gasteiger partial charge is 0.240 e. The highest BCUT2D eigenvalue weighted by molar-refractivity contribution is 5.86. The highest BCUT2D eigenvalue weighted by atomic mass is 16.2. The van der Waals surface area contributed by atoms with Gasteiger partial charge in [-0.15, -0.1) is 0 Å².